The number of ether oxygens (including phenoxy) is 1. The van der Waals surface area contributed by atoms with Crippen molar-refractivity contribution in [1.29, 1.82) is 0 Å². The maximum absolute atomic E-state index is 12.5. The summed E-state index contributed by atoms with van der Waals surface area (Å²) in [5.41, 5.74) is 1.83. The monoisotopic (exact) mass is 312 g/mol. The average Bonchev–Trinajstić information content (AvgIpc) is 2.41. The molecule has 0 heterocycles. The molecule has 118 valence electrons. The SMILES string of the molecule is CCNCc1cccc(S(=O)(=O)NC2CC(OC)C2)c1C. The van der Waals surface area contributed by atoms with E-state index in [9.17, 15) is 8.42 Å². The fourth-order valence-electron chi connectivity index (χ4n) is 2.54. The van der Waals surface area contributed by atoms with E-state index in [-0.39, 0.29) is 12.1 Å². The van der Waals surface area contributed by atoms with Crippen LogP contribution in [0.3, 0.4) is 0 Å². The van der Waals surface area contributed by atoms with Gasteiger partial charge in [-0.25, -0.2) is 13.1 Å². The highest BCUT2D eigenvalue weighted by molar-refractivity contribution is 7.89. The summed E-state index contributed by atoms with van der Waals surface area (Å²) >= 11 is 0. The third-order valence-corrected chi connectivity index (χ3v) is 5.67. The summed E-state index contributed by atoms with van der Waals surface area (Å²) < 4.78 is 33.0. The van der Waals surface area contributed by atoms with E-state index in [1.807, 2.05) is 19.9 Å². The largest absolute Gasteiger partial charge is 0.381 e. The van der Waals surface area contributed by atoms with Gasteiger partial charge in [0.25, 0.3) is 0 Å². The Kier molecular flexibility index (Phi) is 5.37. The Morgan fingerprint density at radius 3 is 2.67 bits per heavy atom. The quantitative estimate of drug-likeness (QED) is 0.802. The fraction of sp³-hybridized carbons (Fsp3) is 0.600. The van der Waals surface area contributed by atoms with Crippen molar-refractivity contribution < 1.29 is 13.2 Å². The van der Waals surface area contributed by atoms with E-state index >= 15 is 0 Å². The van der Waals surface area contributed by atoms with Crippen LogP contribution in [0.15, 0.2) is 23.1 Å². The minimum absolute atomic E-state index is 0.0169. The molecule has 2 N–H and O–H groups in total. The van der Waals surface area contributed by atoms with Gasteiger partial charge in [-0.05, 0) is 43.5 Å². The van der Waals surface area contributed by atoms with Gasteiger partial charge in [0.15, 0.2) is 0 Å². The molecule has 0 atom stereocenters. The zero-order valence-electron chi connectivity index (χ0n) is 12.8. The molecule has 1 aliphatic carbocycles. The van der Waals surface area contributed by atoms with Gasteiger partial charge in [-0.2, -0.15) is 0 Å². The second-order valence-corrected chi connectivity index (χ2v) is 7.15. The van der Waals surface area contributed by atoms with Crippen LogP contribution in [0.4, 0.5) is 0 Å². The van der Waals surface area contributed by atoms with Crippen molar-refractivity contribution in [2.75, 3.05) is 13.7 Å². The summed E-state index contributed by atoms with van der Waals surface area (Å²) in [7, 11) is -1.81. The highest BCUT2D eigenvalue weighted by Gasteiger charge is 2.33. The molecule has 0 spiro atoms. The first kappa shape index (κ1) is 16.4. The molecule has 5 nitrogen and oxygen atoms in total. The van der Waals surface area contributed by atoms with Crippen LogP contribution in [0.1, 0.15) is 30.9 Å². The Balaban J connectivity index is 2.12. The number of hydrogen-bond acceptors (Lipinski definition) is 4. The molecule has 0 saturated heterocycles. The predicted octanol–water partition coefficient (Wildman–Crippen LogP) is 1.56. The molecule has 0 bridgehead atoms. The summed E-state index contributed by atoms with van der Waals surface area (Å²) in [5, 5.41) is 3.23. The van der Waals surface area contributed by atoms with Crippen molar-refractivity contribution in [2.45, 2.75) is 50.3 Å². The Bertz CT molecular complexity index is 581. The number of hydrogen-bond donors (Lipinski definition) is 2. The molecule has 0 aromatic heterocycles. The number of methoxy groups -OCH3 is 1. The lowest BCUT2D eigenvalue weighted by Gasteiger charge is -2.34. The topological polar surface area (TPSA) is 67.4 Å². The van der Waals surface area contributed by atoms with E-state index in [0.717, 1.165) is 30.5 Å². The highest BCUT2D eigenvalue weighted by atomic mass is 32.2. The van der Waals surface area contributed by atoms with Crippen LogP contribution in [0.2, 0.25) is 0 Å². The molecule has 1 fully saturated rings. The molecule has 1 aromatic carbocycles. The van der Waals surface area contributed by atoms with E-state index in [2.05, 4.69) is 10.0 Å². The van der Waals surface area contributed by atoms with Gasteiger partial charge in [-0.15, -0.1) is 0 Å². The lowest BCUT2D eigenvalue weighted by Crippen LogP contribution is -2.47. The third-order valence-electron chi connectivity index (χ3n) is 4.00. The van der Waals surface area contributed by atoms with Gasteiger partial charge in [0.1, 0.15) is 0 Å². The van der Waals surface area contributed by atoms with Gasteiger partial charge in [0.05, 0.1) is 11.0 Å². The van der Waals surface area contributed by atoms with Gasteiger partial charge in [0, 0.05) is 19.7 Å². The second kappa shape index (κ2) is 6.87. The first-order valence-electron chi connectivity index (χ1n) is 7.32. The van der Waals surface area contributed by atoms with Crippen molar-refractivity contribution in [3.05, 3.63) is 29.3 Å². The first-order valence-corrected chi connectivity index (χ1v) is 8.80. The van der Waals surface area contributed by atoms with Crippen LogP contribution in [-0.4, -0.2) is 34.2 Å². The van der Waals surface area contributed by atoms with Crippen molar-refractivity contribution in [1.82, 2.24) is 10.0 Å². The average molecular weight is 312 g/mol. The molecule has 0 amide bonds. The third kappa shape index (κ3) is 3.83. The van der Waals surface area contributed by atoms with Crippen molar-refractivity contribution in [2.24, 2.45) is 0 Å². The number of nitrogens with one attached hydrogen (secondary N) is 2. The lowest BCUT2D eigenvalue weighted by atomic mass is 9.90. The van der Waals surface area contributed by atoms with Crippen LogP contribution >= 0.6 is 0 Å². The van der Waals surface area contributed by atoms with E-state index < -0.39 is 10.0 Å². The van der Waals surface area contributed by atoms with Crippen molar-refractivity contribution in [3.63, 3.8) is 0 Å². The standard InChI is InChI=1S/C15H24N2O3S/c1-4-16-10-12-6-5-7-15(11(12)2)21(18,19)17-13-8-14(9-13)20-3/h5-7,13-14,16-17H,4,8-10H2,1-3H3. The lowest BCUT2D eigenvalue weighted by molar-refractivity contribution is 0.0236. The molecule has 2 rings (SSSR count). The summed E-state index contributed by atoms with van der Waals surface area (Å²) in [5.74, 6) is 0. The first-order chi connectivity index (χ1) is 9.97. The van der Waals surface area contributed by atoms with Crippen LogP contribution < -0.4 is 10.0 Å². The highest BCUT2D eigenvalue weighted by Crippen LogP contribution is 2.26. The molecule has 1 aliphatic rings. The Hall–Kier alpha value is -0.950. The predicted molar refractivity (Wildman–Crippen MR) is 82.7 cm³/mol. The minimum Gasteiger partial charge on any atom is -0.381 e. The van der Waals surface area contributed by atoms with Gasteiger partial charge in [-0.1, -0.05) is 19.1 Å². The van der Waals surface area contributed by atoms with Crippen LogP contribution in [0.25, 0.3) is 0 Å². The molecule has 1 saturated carbocycles. The summed E-state index contributed by atoms with van der Waals surface area (Å²) in [6, 6.07) is 5.41. The number of benzene rings is 1. The van der Waals surface area contributed by atoms with E-state index in [1.165, 1.54) is 0 Å². The Morgan fingerprint density at radius 2 is 2.05 bits per heavy atom. The second-order valence-electron chi connectivity index (χ2n) is 5.47. The smallest absolute Gasteiger partial charge is 0.241 e. The summed E-state index contributed by atoms with van der Waals surface area (Å²) in [6.07, 6.45) is 1.66. The van der Waals surface area contributed by atoms with Gasteiger partial charge in [0.2, 0.25) is 10.0 Å². The molecule has 1 aromatic rings. The number of rotatable bonds is 7. The molecule has 0 radical (unpaired) electrons. The molecule has 0 unspecified atom stereocenters. The van der Waals surface area contributed by atoms with E-state index in [0.29, 0.717) is 11.4 Å². The minimum atomic E-state index is -3.46. The number of sulfonamides is 1. The van der Waals surface area contributed by atoms with Crippen molar-refractivity contribution >= 4 is 10.0 Å². The molecular weight excluding hydrogens is 288 g/mol. The Morgan fingerprint density at radius 1 is 1.33 bits per heavy atom. The van der Waals surface area contributed by atoms with Crippen LogP contribution in [0.5, 0.6) is 0 Å². The maximum Gasteiger partial charge on any atom is 0.241 e. The molecule has 0 aliphatic heterocycles. The summed E-state index contributed by atoms with van der Waals surface area (Å²) in [6.45, 7) is 5.43. The molecular formula is C15H24N2O3S. The van der Waals surface area contributed by atoms with Crippen molar-refractivity contribution in [3.8, 4) is 0 Å². The van der Waals surface area contributed by atoms with E-state index in [1.54, 1.807) is 19.2 Å². The van der Waals surface area contributed by atoms with Gasteiger partial charge < -0.3 is 10.1 Å². The molecule has 21 heavy (non-hydrogen) atoms. The van der Waals surface area contributed by atoms with E-state index in [4.69, 9.17) is 4.74 Å². The van der Waals surface area contributed by atoms with Gasteiger partial charge in [-0.3, -0.25) is 0 Å². The van der Waals surface area contributed by atoms with Gasteiger partial charge >= 0.3 is 0 Å². The zero-order chi connectivity index (χ0) is 15.5. The normalized spacial score (nSPS) is 22.0. The molecule has 6 heteroatoms. The summed E-state index contributed by atoms with van der Waals surface area (Å²) in [4.78, 5) is 0.374. The van der Waals surface area contributed by atoms with Crippen LogP contribution in [0, 0.1) is 6.92 Å². The zero-order valence-corrected chi connectivity index (χ0v) is 13.7. The Labute approximate surface area is 127 Å². The fourth-order valence-corrected chi connectivity index (χ4v) is 4.09. The maximum atomic E-state index is 12.5. The van der Waals surface area contributed by atoms with Crippen LogP contribution in [-0.2, 0) is 21.3 Å².